The van der Waals surface area contributed by atoms with E-state index >= 15 is 0 Å². The summed E-state index contributed by atoms with van der Waals surface area (Å²) in [5, 5.41) is 0. The lowest BCUT2D eigenvalue weighted by molar-refractivity contribution is -0.00402. The zero-order valence-corrected chi connectivity index (χ0v) is 11.9. The molecule has 1 aliphatic rings. The summed E-state index contributed by atoms with van der Waals surface area (Å²) in [6.45, 7) is 8.40. The fraction of sp³-hybridized carbons (Fsp3) is 0.643. The van der Waals surface area contributed by atoms with E-state index in [9.17, 15) is 0 Å². The molecule has 0 bridgehead atoms. The molecule has 2 aromatic rings. The second-order valence-corrected chi connectivity index (χ2v) is 5.41. The third kappa shape index (κ3) is 1.92. The van der Waals surface area contributed by atoms with Crippen LogP contribution < -0.4 is 0 Å². The molecule has 5 heteroatoms. The minimum absolute atomic E-state index is 0.0549. The molecule has 0 amide bonds. The summed E-state index contributed by atoms with van der Waals surface area (Å²) in [5.41, 5.74) is 2.69. The first kappa shape index (κ1) is 12.5. The largest absolute Gasteiger partial charge is 0.354 e. The van der Waals surface area contributed by atoms with Crippen molar-refractivity contribution in [3.63, 3.8) is 0 Å². The average Bonchev–Trinajstić information content (AvgIpc) is 2.90. The number of hydrogen-bond donors (Lipinski definition) is 0. The summed E-state index contributed by atoms with van der Waals surface area (Å²) in [5.74, 6) is 1.53. The third-order valence-corrected chi connectivity index (χ3v) is 4.07. The van der Waals surface area contributed by atoms with Crippen LogP contribution in [0, 0.1) is 19.8 Å². The van der Waals surface area contributed by atoms with Gasteiger partial charge in [0.05, 0.1) is 11.8 Å². The summed E-state index contributed by atoms with van der Waals surface area (Å²) < 4.78 is 8.28. The van der Waals surface area contributed by atoms with E-state index in [2.05, 4.69) is 33.4 Å². The van der Waals surface area contributed by atoms with E-state index < -0.39 is 0 Å². The normalized spacial score (nSPS) is 27.3. The number of rotatable bonds is 2. The van der Waals surface area contributed by atoms with Gasteiger partial charge in [-0.3, -0.25) is 4.57 Å². The van der Waals surface area contributed by atoms with Crippen molar-refractivity contribution in [3.8, 4) is 0 Å². The summed E-state index contributed by atoms with van der Waals surface area (Å²) in [7, 11) is 0. The predicted octanol–water partition coefficient (Wildman–Crippen LogP) is 2.78. The van der Waals surface area contributed by atoms with Crippen molar-refractivity contribution >= 4 is 11.2 Å². The minimum atomic E-state index is 0.0549. The number of fused-ring (bicyclic) bond motifs is 1. The molecule has 3 heterocycles. The second kappa shape index (κ2) is 4.56. The van der Waals surface area contributed by atoms with E-state index in [1.807, 2.05) is 13.8 Å². The number of aryl methyl sites for hydroxylation is 2. The molecule has 5 nitrogen and oxygen atoms in total. The maximum Gasteiger partial charge on any atom is 0.165 e. The monoisotopic (exact) mass is 260 g/mol. The van der Waals surface area contributed by atoms with Gasteiger partial charge in [-0.25, -0.2) is 15.0 Å². The molecule has 0 aromatic carbocycles. The molecule has 1 saturated heterocycles. The molecule has 1 fully saturated rings. The fourth-order valence-corrected chi connectivity index (χ4v) is 3.00. The van der Waals surface area contributed by atoms with Gasteiger partial charge in [-0.05, 0) is 32.6 Å². The topological polar surface area (TPSA) is 52.8 Å². The Labute approximate surface area is 113 Å². The highest BCUT2D eigenvalue weighted by Gasteiger charge is 2.33. The van der Waals surface area contributed by atoms with Crippen molar-refractivity contribution in [1.29, 1.82) is 0 Å². The number of aromatic nitrogens is 4. The van der Waals surface area contributed by atoms with Crippen molar-refractivity contribution in [3.05, 3.63) is 17.8 Å². The lowest BCUT2D eigenvalue weighted by Gasteiger charge is -2.16. The summed E-state index contributed by atoms with van der Waals surface area (Å²) >= 11 is 0. The van der Waals surface area contributed by atoms with Gasteiger partial charge in [0, 0.05) is 0 Å². The average molecular weight is 260 g/mol. The van der Waals surface area contributed by atoms with Gasteiger partial charge in [-0.2, -0.15) is 0 Å². The number of imidazole rings is 1. The Hall–Kier alpha value is -1.49. The fourth-order valence-electron chi connectivity index (χ4n) is 3.00. The molecule has 0 N–H and O–H groups in total. The molecular formula is C14H20N4O. The van der Waals surface area contributed by atoms with Crippen LogP contribution in [0.2, 0.25) is 0 Å². The van der Waals surface area contributed by atoms with Crippen LogP contribution in [-0.4, -0.2) is 25.6 Å². The van der Waals surface area contributed by atoms with Crippen LogP contribution in [0.4, 0.5) is 0 Å². The van der Waals surface area contributed by atoms with Gasteiger partial charge in [0.25, 0.3) is 0 Å². The van der Waals surface area contributed by atoms with Crippen LogP contribution >= 0.6 is 0 Å². The van der Waals surface area contributed by atoms with E-state index in [0.717, 1.165) is 35.5 Å². The zero-order valence-electron chi connectivity index (χ0n) is 11.9. The van der Waals surface area contributed by atoms with Crippen LogP contribution in [0.1, 0.15) is 44.4 Å². The van der Waals surface area contributed by atoms with Crippen LogP contribution in [0.5, 0.6) is 0 Å². The van der Waals surface area contributed by atoms with E-state index in [1.165, 1.54) is 0 Å². The lowest BCUT2D eigenvalue weighted by Crippen LogP contribution is -2.13. The highest BCUT2D eigenvalue weighted by atomic mass is 16.5. The second-order valence-electron chi connectivity index (χ2n) is 5.41. The Kier molecular flexibility index (Phi) is 3.01. The van der Waals surface area contributed by atoms with Crippen LogP contribution in [0.15, 0.2) is 6.33 Å². The van der Waals surface area contributed by atoms with Gasteiger partial charge in [-0.1, -0.05) is 13.8 Å². The van der Waals surface area contributed by atoms with Crippen molar-refractivity contribution in [2.75, 3.05) is 0 Å². The first-order valence-corrected chi connectivity index (χ1v) is 6.93. The van der Waals surface area contributed by atoms with Crippen molar-refractivity contribution in [2.45, 2.75) is 52.9 Å². The lowest BCUT2D eigenvalue weighted by atomic mass is 10.0. The molecule has 2 aromatic heterocycles. The van der Waals surface area contributed by atoms with Crippen LogP contribution in [0.25, 0.3) is 11.2 Å². The highest BCUT2D eigenvalue weighted by Crippen LogP contribution is 2.36. The number of hydrogen-bond acceptors (Lipinski definition) is 4. The molecule has 19 heavy (non-hydrogen) atoms. The maximum atomic E-state index is 6.16. The Morgan fingerprint density at radius 3 is 2.84 bits per heavy atom. The Morgan fingerprint density at radius 1 is 1.37 bits per heavy atom. The van der Waals surface area contributed by atoms with Gasteiger partial charge in [0.15, 0.2) is 5.65 Å². The molecule has 0 saturated carbocycles. The quantitative estimate of drug-likeness (QED) is 0.833. The van der Waals surface area contributed by atoms with Gasteiger partial charge < -0.3 is 4.74 Å². The molecule has 0 radical (unpaired) electrons. The maximum absolute atomic E-state index is 6.16. The van der Waals surface area contributed by atoms with Crippen LogP contribution in [-0.2, 0) is 4.74 Å². The van der Waals surface area contributed by atoms with Gasteiger partial charge in [0.1, 0.15) is 23.9 Å². The number of ether oxygens (including phenoxy) is 1. The Morgan fingerprint density at radius 2 is 2.16 bits per heavy atom. The van der Waals surface area contributed by atoms with Crippen molar-refractivity contribution in [1.82, 2.24) is 19.5 Å². The molecule has 0 unspecified atom stereocenters. The summed E-state index contributed by atoms with van der Waals surface area (Å²) in [6.07, 6.45) is 4.07. The Bertz CT molecular complexity index is 607. The SMILES string of the molecule is CC[C@@H]1O[C@H](n2c(C)nc3c(C)ncnc32)C[C@@H]1C. The summed E-state index contributed by atoms with van der Waals surface area (Å²) in [4.78, 5) is 13.2. The predicted molar refractivity (Wildman–Crippen MR) is 72.8 cm³/mol. The Balaban J connectivity index is 2.06. The first-order chi connectivity index (χ1) is 9.11. The molecule has 0 aliphatic carbocycles. The molecule has 3 atom stereocenters. The van der Waals surface area contributed by atoms with E-state index in [4.69, 9.17) is 4.74 Å². The smallest absolute Gasteiger partial charge is 0.165 e. The first-order valence-electron chi connectivity index (χ1n) is 6.93. The number of nitrogens with zero attached hydrogens (tertiary/aromatic N) is 4. The molecule has 3 rings (SSSR count). The third-order valence-electron chi connectivity index (χ3n) is 4.07. The van der Waals surface area contributed by atoms with E-state index in [-0.39, 0.29) is 6.23 Å². The van der Waals surface area contributed by atoms with Gasteiger partial charge in [0.2, 0.25) is 0 Å². The van der Waals surface area contributed by atoms with E-state index in [1.54, 1.807) is 6.33 Å². The highest BCUT2D eigenvalue weighted by molar-refractivity contribution is 5.73. The standard InChI is InChI=1S/C14H20N4O/c1-5-11-8(2)6-12(19-11)18-10(4)17-13-9(3)15-7-16-14(13)18/h7-8,11-12H,5-6H2,1-4H3/t8-,11-,12-/m0/s1. The van der Waals surface area contributed by atoms with E-state index in [0.29, 0.717) is 12.0 Å². The molecule has 0 spiro atoms. The van der Waals surface area contributed by atoms with Crippen molar-refractivity contribution < 1.29 is 4.74 Å². The van der Waals surface area contributed by atoms with Crippen molar-refractivity contribution in [2.24, 2.45) is 5.92 Å². The van der Waals surface area contributed by atoms with Gasteiger partial charge in [-0.15, -0.1) is 0 Å². The van der Waals surface area contributed by atoms with Crippen LogP contribution in [0.3, 0.4) is 0 Å². The van der Waals surface area contributed by atoms with Gasteiger partial charge >= 0.3 is 0 Å². The molecular weight excluding hydrogens is 240 g/mol. The minimum Gasteiger partial charge on any atom is -0.354 e. The molecule has 102 valence electrons. The zero-order chi connectivity index (χ0) is 13.6. The summed E-state index contributed by atoms with van der Waals surface area (Å²) in [6, 6.07) is 0. The molecule has 1 aliphatic heterocycles.